The maximum atomic E-state index is 11.8. The monoisotopic (exact) mass is 336 g/mol. The highest BCUT2D eigenvalue weighted by Crippen LogP contribution is 2.14. The maximum Gasteiger partial charge on any atom is 0.321 e. The molecule has 122 valence electrons. The van der Waals surface area contributed by atoms with Gasteiger partial charge in [0.1, 0.15) is 11.3 Å². The number of amides is 2. The molecule has 0 radical (unpaired) electrons. The minimum atomic E-state index is -0.537. The fourth-order valence-electron chi connectivity index (χ4n) is 1.91. The van der Waals surface area contributed by atoms with E-state index in [0.717, 1.165) is 5.56 Å². The smallest absolute Gasteiger partial charge is 0.321 e. The van der Waals surface area contributed by atoms with Gasteiger partial charge in [0, 0.05) is 6.54 Å². The minimum absolute atomic E-state index is 0.109. The summed E-state index contributed by atoms with van der Waals surface area (Å²) >= 11 is 1.19. The van der Waals surface area contributed by atoms with E-state index >= 15 is 0 Å². The van der Waals surface area contributed by atoms with Crippen LogP contribution in [0.2, 0.25) is 0 Å². The number of phenols is 1. The van der Waals surface area contributed by atoms with Gasteiger partial charge in [-0.25, -0.2) is 4.79 Å². The van der Waals surface area contributed by atoms with E-state index < -0.39 is 17.9 Å². The van der Waals surface area contributed by atoms with Gasteiger partial charge in [0.05, 0.1) is 13.0 Å². The lowest BCUT2D eigenvalue weighted by Gasteiger charge is -2.15. The average Bonchev–Trinajstić information content (AvgIpc) is 3.05. The predicted molar refractivity (Wildman–Crippen MR) is 84.2 cm³/mol. The fraction of sp³-hybridized carbons (Fsp3) is 0.286. The molecule has 0 saturated heterocycles. The van der Waals surface area contributed by atoms with Gasteiger partial charge in [-0.1, -0.05) is 23.5 Å². The molecule has 1 heterocycles. The second kappa shape index (κ2) is 8.08. The summed E-state index contributed by atoms with van der Waals surface area (Å²) in [5.41, 5.74) is 2.35. The number of carbonyl (C=O) groups excluding carboxylic acids is 2. The summed E-state index contributed by atoms with van der Waals surface area (Å²) in [4.78, 5) is 23.6. The van der Waals surface area contributed by atoms with Crippen LogP contribution in [-0.2, 0) is 16.0 Å². The number of benzene rings is 1. The lowest BCUT2D eigenvalue weighted by atomic mass is 9.99. The summed E-state index contributed by atoms with van der Waals surface area (Å²) < 4.78 is 4.77. The molecule has 0 aliphatic heterocycles. The van der Waals surface area contributed by atoms with Crippen LogP contribution < -0.4 is 10.6 Å². The highest BCUT2D eigenvalue weighted by Gasteiger charge is 2.21. The van der Waals surface area contributed by atoms with Crippen molar-refractivity contribution >= 4 is 28.5 Å². The summed E-state index contributed by atoms with van der Waals surface area (Å²) in [7, 11) is 1.30. The van der Waals surface area contributed by atoms with Crippen LogP contribution in [0.5, 0.6) is 5.75 Å². The molecule has 1 aromatic carbocycles. The van der Waals surface area contributed by atoms with Crippen LogP contribution in [-0.4, -0.2) is 41.0 Å². The zero-order chi connectivity index (χ0) is 16.7. The molecule has 0 fully saturated rings. The molecule has 2 aromatic rings. The molecular weight excluding hydrogens is 320 g/mol. The van der Waals surface area contributed by atoms with Gasteiger partial charge in [-0.3, -0.25) is 10.1 Å². The van der Waals surface area contributed by atoms with Gasteiger partial charge >= 0.3 is 12.0 Å². The number of hydrogen-bond donors (Lipinski definition) is 3. The third-order valence-corrected chi connectivity index (χ3v) is 3.65. The standard InChI is InChI=1S/C14H16N4O4S/c1-22-12(20)10(6-9-2-4-11(19)5-3-9)7-15-13(21)17-14-18-16-8-23-14/h2-5,8,10,19H,6-7H2,1H3,(H2,15,17,18,21). The van der Waals surface area contributed by atoms with Gasteiger partial charge in [-0.05, 0) is 24.1 Å². The first kappa shape index (κ1) is 16.7. The van der Waals surface area contributed by atoms with Crippen LogP contribution >= 0.6 is 11.3 Å². The molecule has 0 bridgehead atoms. The second-order valence-corrected chi connectivity index (χ2v) is 5.50. The van der Waals surface area contributed by atoms with Crippen molar-refractivity contribution in [2.45, 2.75) is 6.42 Å². The number of phenolic OH excluding ortho intramolecular Hbond substituents is 1. The summed E-state index contributed by atoms with van der Waals surface area (Å²) in [5, 5.41) is 22.1. The number of aromatic nitrogens is 2. The highest BCUT2D eigenvalue weighted by atomic mass is 32.1. The van der Waals surface area contributed by atoms with Gasteiger partial charge in [0.2, 0.25) is 5.13 Å². The Balaban J connectivity index is 1.91. The van der Waals surface area contributed by atoms with E-state index in [1.165, 1.54) is 24.0 Å². The summed E-state index contributed by atoms with van der Waals surface area (Å²) in [6.45, 7) is 0.109. The van der Waals surface area contributed by atoms with Gasteiger partial charge in [-0.15, -0.1) is 10.2 Å². The molecule has 2 rings (SSSR count). The summed E-state index contributed by atoms with van der Waals surface area (Å²) in [6.07, 6.45) is 0.381. The Labute approximate surface area is 136 Å². The quantitative estimate of drug-likeness (QED) is 0.687. The van der Waals surface area contributed by atoms with Crippen molar-refractivity contribution in [1.29, 1.82) is 0 Å². The van der Waals surface area contributed by atoms with Gasteiger partial charge in [0.25, 0.3) is 0 Å². The van der Waals surface area contributed by atoms with E-state index in [0.29, 0.717) is 11.6 Å². The van der Waals surface area contributed by atoms with E-state index in [-0.39, 0.29) is 12.3 Å². The van der Waals surface area contributed by atoms with Crippen LogP contribution in [0.3, 0.4) is 0 Å². The molecule has 2 amide bonds. The van der Waals surface area contributed by atoms with Crippen molar-refractivity contribution in [3.05, 3.63) is 35.3 Å². The number of anilines is 1. The molecule has 1 atom stereocenters. The molecule has 0 saturated carbocycles. The van der Waals surface area contributed by atoms with Crippen molar-refractivity contribution in [3.8, 4) is 5.75 Å². The van der Waals surface area contributed by atoms with Crippen LogP contribution in [0.4, 0.5) is 9.93 Å². The predicted octanol–water partition coefficient (Wildman–Crippen LogP) is 1.40. The number of urea groups is 1. The lowest BCUT2D eigenvalue weighted by Crippen LogP contribution is -2.37. The van der Waals surface area contributed by atoms with Crippen LogP contribution in [0.1, 0.15) is 5.56 Å². The molecule has 1 unspecified atom stereocenters. The third-order valence-electron chi connectivity index (χ3n) is 3.04. The number of carbonyl (C=O) groups is 2. The molecule has 8 nitrogen and oxygen atoms in total. The summed E-state index contributed by atoms with van der Waals surface area (Å²) in [5.74, 6) is -0.808. The van der Waals surface area contributed by atoms with Crippen LogP contribution in [0.25, 0.3) is 0 Å². The maximum absolute atomic E-state index is 11.8. The van der Waals surface area contributed by atoms with Crippen molar-refractivity contribution in [2.24, 2.45) is 5.92 Å². The molecule has 0 aliphatic carbocycles. The van der Waals surface area contributed by atoms with Crippen molar-refractivity contribution in [3.63, 3.8) is 0 Å². The zero-order valence-corrected chi connectivity index (χ0v) is 13.2. The van der Waals surface area contributed by atoms with E-state index in [4.69, 9.17) is 4.74 Å². The third kappa shape index (κ3) is 5.22. The normalized spacial score (nSPS) is 11.5. The van der Waals surface area contributed by atoms with Gasteiger partial charge in [-0.2, -0.15) is 0 Å². The van der Waals surface area contributed by atoms with Gasteiger partial charge < -0.3 is 15.2 Å². The first-order valence-corrected chi connectivity index (χ1v) is 7.63. The van der Waals surface area contributed by atoms with Crippen molar-refractivity contribution in [1.82, 2.24) is 15.5 Å². The molecule has 0 aliphatic rings. The largest absolute Gasteiger partial charge is 0.508 e. The van der Waals surface area contributed by atoms with Crippen molar-refractivity contribution < 1.29 is 19.4 Å². The molecule has 0 spiro atoms. The van der Waals surface area contributed by atoms with E-state index in [2.05, 4.69) is 20.8 Å². The Hall–Kier alpha value is -2.68. The number of hydrogen-bond acceptors (Lipinski definition) is 7. The van der Waals surface area contributed by atoms with E-state index in [1.54, 1.807) is 24.3 Å². The number of esters is 1. The number of nitrogens with zero attached hydrogens (tertiary/aromatic N) is 2. The van der Waals surface area contributed by atoms with E-state index in [9.17, 15) is 14.7 Å². The molecule has 23 heavy (non-hydrogen) atoms. The van der Waals surface area contributed by atoms with Gasteiger partial charge in [0.15, 0.2) is 0 Å². The Bertz CT molecular complexity index is 645. The number of ether oxygens (including phenoxy) is 1. The number of rotatable bonds is 6. The van der Waals surface area contributed by atoms with Crippen LogP contribution in [0.15, 0.2) is 29.8 Å². The SMILES string of the molecule is COC(=O)C(CNC(=O)Nc1nncs1)Cc1ccc(O)cc1. The average molecular weight is 336 g/mol. The fourth-order valence-corrected chi connectivity index (χ4v) is 2.35. The topological polar surface area (TPSA) is 113 Å². The number of aromatic hydroxyl groups is 1. The second-order valence-electron chi connectivity index (χ2n) is 4.67. The molecule has 3 N–H and O–H groups in total. The highest BCUT2D eigenvalue weighted by molar-refractivity contribution is 7.13. The molecule has 9 heteroatoms. The Morgan fingerprint density at radius 2 is 2.09 bits per heavy atom. The lowest BCUT2D eigenvalue weighted by molar-refractivity contribution is -0.145. The first-order chi connectivity index (χ1) is 11.1. The van der Waals surface area contributed by atoms with Crippen molar-refractivity contribution in [2.75, 3.05) is 19.0 Å². The number of nitrogens with one attached hydrogen (secondary N) is 2. The number of methoxy groups -OCH3 is 1. The zero-order valence-electron chi connectivity index (χ0n) is 12.4. The Morgan fingerprint density at radius 3 is 2.70 bits per heavy atom. The summed E-state index contributed by atoms with van der Waals surface area (Å²) in [6, 6.07) is 6.04. The van der Waals surface area contributed by atoms with Crippen LogP contribution in [0, 0.1) is 5.92 Å². The Kier molecular flexibility index (Phi) is 5.87. The molecular formula is C14H16N4O4S. The minimum Gasteiger partial charge on any atom is -0.508 e. The van der Waals surface area contributed by atoms with E-state index in [1.807, 2.05) is 0 Å². The Morgan fingerprint density at radius 1 is 1.35 bits per heavy atom. The molecule has 1 aromatic heterocycles. The first-order valence-electron chi connectivity index (χ1n) is 6.75.